The fourth-order valence-corrected chi connectivity index (χ4v) is 0.330. The van der Waals surface area contributed by atoms with Gasteiger partial charge in [-0.05, 0) is 6.42 Å². The summed E-state index contributed by atoms with van der Waals surface area (Å²) in [6.07, 6.45) is 2.48. The molecule has 2 heteroatoms. The van der Waals surface area contributed by atoms with Crippen LogP contribution in [0.3, 0.4) is 0 Å². The molecule has 0 aromatic heterocycles. The molecular weight excluding hydrogens is 107 g/mol. The van der Waals surface area contributed by atoms with Crippen molar-refractivity contribution in [2.24, 2.45) is 0 Å². The molecule has 1 nitrogen and oxygen atoms in total. The van der Waals surface area contributed by atoms with E-state index in [9.17, 15) is 9.18 Å². The lowest BCUT2D eigenvalue weighted by Gasteiger charge is -1.86. The summed E-state index contributed by atoms with van der Waals surface area (Å²) in [4.78, 5) is 10.1. The third-order valence-corrected chi connectivity index (χ3v) is 0.776. The third kappa shape index (κ3) is 3.53. The van der Waals surface area contributed by atoms with E-state index < -0.39 is 6.67 Å². The maximum Gasteiger partial charge on any atom is 0.164 e. The quantitative estimate of drug-likeness (QED) is 0.508. The van der Waals surface area contributed by atoms with Crippen LogP contribution in [0.5, 0.6) is 0 Å². The van der Waals surface area contributed by atoms with Gasteiger partial charge in [0.1, 0.15) is 6.67 Å². The lowest BCUT2D eigenvalue weighted by molar-refractivity contribution is -0.119. The first kappa shape index (κ1) is 7.34. The standard InChI is InChI=1S/C6H9FO/c1-2-3-4-6(8)5-7/h2H,1,3-5H2. The van der Waals surface area contributed by atoms with Gasteiger partial charge in [0.25, 0.3) is 0 Å². The highest BCUT2D eigenvalue weighted by Crippen LogP contribution is 1.90. The molecule has 0 fully saturated rings. The van der Waals surface area contributed by atoms with Crippen LogP contribution < -0.4 is 0 Å². The van der Waals surface area contributed by atoms with Crippen molar-refractivity contribution in [3.8, 4) is 0 Å². The van der Waals surface area contributed by atoms with Crippen molar-refractivity contribution in [2.75, 3.05) is 6.67 Å². The molecule has 0 spiro atoms. The minimum absolute atomic E-state index is 0.292. The summed E-state index contributed by atoms with van der Waals surface area (Å²) in [5.41, 5.74) is 0. The van der Waals surface area contributed by atoms with Gasteiger partial charge in [-0.2, -0.15) is 0 Å². The van der Waals surface area contributed by atoms with Crippen LogP contribution in [0.4, 0.5) is 4.39 Å². The fourth-order valence-electron chi connectivity index (χ4n) is 0.330. The van der Waals surface area contributed by atoms with E-state index in [0.29, 0.717) is 12.8 Å². The van der Waals surface area contributed by atoms with Gasteiger partial charge >= 0.3 is 0 Å². The number of halogens is 1. The van der Waals surface area contributed by atoms with Crippen LogP contribution >= 0.6 is 0 Å². The molecule has 0 heterocycles. The number of allylic oxidation sites excluding steroid dienone is 1. The van der Waals surface area contributed by atoms with Crippen LogP contribution in [-0.2, 0) is 4.79 Å². The molecule has 0 aromatic carbocycles. The van der Waals surface area contributed by atoms with Crippen molar-refractivity contribution >= 4 is 5.78 Å². The summed E-state index contributed by atoms with van der Waals surface area (Å²) >= 11 is 0. The van der Waals surface area contributed by atoms with Crippen LogP contribution in [0.2, 0.25) is 0 Å². The Balaban J connectivity index is 3.11. The first-order valence-corrected chi connectivity index (χ1v) is 2.49. The minimum Gasteiger partial charge on any atom is -0.297 e. The predicted molar refractivity (Wildman–Crippen MR) is 30.4 cm³/mol. The van der Waals surface area contributed by atoms with Gasteiger partial charge in [-0.1, -0.05) is 6.08 Å². The lowest BCUT2D eigenvalue weighted by atomic mass is 10.2. The lowest BCUT2D eigenvalue weighted by Crippen LogP contribution is -1.97. The second-order valence-electron chi connectivity index (χ2n) is 1.50. The van der Waals surface area contributed by atoms with Gasteiger partial charge in [0.05, 0.1) is 0 Å². The zero-order valence-electron chi connectivity index (χ0n) is 4.69. The van der Waals surface area contributed by atoms with Crippen molar-refractivity contribution in [1.29, 1.82) is 0 Å². The Morgan fingerprint density at radius 1 is 1.75 bits per heavy atom. The molecule has 0 rings (SSSR count). The van der Waals surface area contributed by atoms with E-state index in [0.717, 1.165) is 0 Å². The number of rotatable bonds is 4. The topological polar surface area (TPSA) is 17.1 Å². The van der Waals surface area contributed by atoms with E-state index in [2.05, 4.69) is 6.58 Å². The van der Waals surface area contributed by atoms with Crippen LogP contribution in [0.25, 0.3) is 0 Å². The Morgan fingerprint density at radius 2 is 2.38 bits per heavy atom. The molecule has 0 aromatic rings. The molecule has 8 heavy (non-hydrogen) atoms. The van der Waals surface area contributed by atoms with Crippen LogP contribution in [0.15, 0.2) is 12.7 Å². The molecule has 0 amide bonds. The number of hydrogen-bond acceptors (Lipinski definition) is 1. The van der Waals surface area contributed by atoms with Gasteiger partial charge in [0.15, 0.2) is 5.78 Å². The van der Waals surface area contributed by atoms with Gasteiger partial charge < -0.3 is 0 Å². The zero-order chi connectivity index (χ0) is 6.41. The SMILES string of the molecule is C=CCCC(=O)CF. The molecule has 0 aliphatic heterocycles. The molecule has 46 valence electrons. The van der Waals surface area contributed by atoms with Crippen LogP contribution in [0.1, 0.15) is 12.8 Å². The number of hydrogen-bond donors (Lipinski definition) is 0. The molecule has 0 N–H and O–H groups in total. The first-order valence-electron chi connectivity index (χ1n) is 2.49. The molecule has 0 aliphatic carbocycles. The van der Waals surface area contributed by atoms with E-state index in [-0.39, 0.29) is 5.78 Å². The number of Topliss-reactive ketones (excluding diaryl/α,β-unsaturated/α-hetero) is 1. The monoisotopic (exact) mass is 116 g/mol. The summed E-state index contributed by atoms with van der Waals surface area (Å²) in [5.74, 6) is -0.343. The Kier molecular flexibility index (Phi) is 4.13. The fraction of sp³-hybridized carbons (Fsp3) is 0.500. The molecule has 0 aliphatic rings. The molecule has 0 bridgehead atoms. The smallest absolute Gasteiger partial charge is 0.164 e. The van der Waals surface area contributed by atoms with Gasteiger partial charge in [-0.3, -0.25) is 4.79 Å². The molecule has 0 radical (unpaired) electrons. The highest BCUT2D eigenvalue weighted by atomic mass is 19.1. The second-order valence-corrected chi connectivity index (χ2v) is 1.50. The molecule has 0 saturated heterocycles. The number of alkyl halides is 1. The predicted octanol–water partition coefficient (Wildman–Crippen LogP) is 1.49. The van der Waals surface area contributed by atoms with Gasteiger partial charge in [0, 0.05) is 6.42 Å². The summed E-state index contributed by atoms with van der Waals surface area (Å²) in [5, 5.41) is 0. The maximum atomic E-state index is 11.3. The molecular formula is C6H9FO. The van der Waals surface area contributed by atoms with E-state index >= 15 is 0 Å². The molecule has 0 unspecified atom stereocenters. The van der Waals surface area contributed by atoms with Gasteiger partial charge in [-0.15, -0.1) is 6.58 Å². The summed E-state index contributed by atoms with van der Waals surface area (Å²) in [6, 6.07) is 0. The highest BCUT2D eigenvalue weighted by Gasteiger charge is 1.95. The van der Waals surface area contributed by atoms with Gasteiger partial charge in [-0.25, -0.2) is 4.39 Å². The van der Waals surface area contributed by atoms with Crippen molar-refractivity contribution in [2.45, 2.75) is 12.8 Å². The third-order valence-electron chi connectivity index (χ3n) is 0.776. The molecule has 0 atom stereocenters. The summed E-state index contributed by atoms with van der Waals surface area (Å²) in [7, 11) is 0. The Labute approximate surface area is 48.2 Å². The maximum absolute atomic E-state index is 11.3. The average molecular weight is 116 g/mol. The number of carbonyl (C=O) groups is 1. The van der Waals surface area contributed by atoms with Crippen molar-refractivity contribution in [1.82, 2.24) is 0 Å². The van der Waals surface area contributed by atoms with E-state index in [1.165, 1.54) is 0 Å². The van der Waals surface area contributed by atoms with Crippen molar-refractivity contribution < 1.29 is 9.18 Å². The Hall–Kier alpha value is -0.660. The van der Waals surface area contributed by atoms with Crippen molar-refractivity contribution in [3.63, 3.8) is 0 Å². The second kappa shape index (κ2) is 4.50. The number of carbonyl (C=O) groups excluding carboxylic acids is 1. The number of ketones is 1. The first-order chi connectivity index (χ1) is 3.81. The van der Waals surface area contributed by atoms with E-state index in [1.54, 1.807) is 6.08 Å². The normalized spacial score (nSPS) is 8.62. The van der Waals surface area contributed by atoms with Crippen LogP contribution in [-0.4, -0.2) is 12.5 Å². The van der Waals surface area contributed by atoms with Crippen molar-refractivity contribution in [3.05, 3.63) is 12.7 Å². The van der Waals surface area contributed by atoms with Gasteiger partial charge in [0.2, 0.25) is 0 Å². The van der Waals surface area contributed by atoms with Crippen LogP contribution in [0, 0.1) is 0 Å². The Morgan fingerprint density at radius 3 is 2.75 bits per heavy atom. The average Bonchev–Trinajstić information content (AvgIpc) is 1.83. The minimum atomic E-state index is -0.839. The van der Waals surface area contributed by atoms with E-state index in [1.807, 2.05) is 0 Å². The largest absolute Gasteiger partial charge is 0.297 e. The summed E-state index contributed by atoms with van der Waals surface area (Å²) in [6.45, 7) is 2.55. The summed E-state index contributed by atoms with van der Waals surface area (Å²) < 4.78 is 11.3. The van der Waals surface area contributed by atoms with E-state index in [4.69, 9.17) is 0 Å². The Bertz CT molecular complexity index is 88.5. The highest BCUT2D eigenvalue weighted by molar-refractivity contribution is 5.79. The molecule has 0 saturated carbocycles. The zero-order valence-corrected chi connectivity index (χ0v) is 4.69.